The quantitative estimate of drug-likeness (QED) is 0.510. The van der Waals surface area contributed by atoms with E-state index in [0.717, 1.165) is 27.4 Å². The molecule has 4 aromatic rings. The summed E-state index contributed by atoms with van der Waals surface area (Å²) >= 11 is 0. The number of aromatic amines is 1. The maximum Gasteiger partial charge on any atom is 0.354 e. The van der Waals surface area contributed by atoms with Crippen LogP contribution in [-0.4, -0.2) is 42.4 Å². The Morgan fingerprint density at radius 2 is 1.83 bits per heavy atom. The van der Waals surface area contributed by atoms with Gasteiger partial charge in [-0.15, -0.1) is 0 Å². The summed E-state index contributed by atoms with van der Waals surface area (Å²) in [6.07, 6.45) is 1.53. The van der Waals surface area contributed by atoms with E-state index < -0.39 is 5.97 Å². The number of nitrogens with one attached hydrogen (secondary N) is 1. The molecule has 7 heteroatoms. The molecule has 0 bridgehead atoms. The minimum Gasteiger partial charge on any atom is -0.493 e. The molecule has 0 amide bonds. The molecule has 0 spiro atoms. The summed E-state index contributed by atoms with van der Waals surface area (Å²) in [5, 5.41) is 11.2. The molecule has 2 heterocycles. The van der Waals surface area contributed by atoms with Crippen molar-refractivity contribution in [2.24, 2.45) is 0 Å². The van der Waals surface area contributed by atoms with Crippen LogP contribution in [0.25, 0.3) is 32.9 Å². The zero-order valence-corrected chi connectivity index (χ0v) is 16.3. The fourth-order valence-electron chi connectivity index (χ4n) is 3.78. The van der Waals surface area contributed by atoms with Crippen LogP contribution < -0.4 is 9.47 Å². The number of fused-ring (bicyclic) bond motifs is 3. The normalized spacial score (nSPS) is 11.1. The fraction of sp³-hybridized carbons (Fsp3) is 0.182. The zero-order valence-electron chi connectivity index (χ0n) is 16.3. The van der Waals surface area contributed by atoms with Crippen LogP contribution in [0.15, 0.2) is 42.6 Å². The second kappa shape index (κ2) is 7.44. The molecule has 7 nitrogen and oxygen atoms in total. The predicted octanol–water partition coefficient (Wildman–Crippen LogP) is 4.24. The van der Waals surface area contributed by atoms with E-state index >= 15 is 0 Å². The number of aromatic carboxylic acids is 1. The number of aromatic nitrogens is 2. The average molecular weight is 392 g/mol. The van der Waals surface area contributed by atoms with Gasteiger partial charge in [-0.2, -0.15) is 0 Å². The Morgan fingerprint density at radius 3 is 2.45 bits per heavy atom. The lowest BCUT2D eigenvalue weighted by molar-refractivity contribution is 0.0685. The smallest absolute Gasteiger partial charge is 0.354 e. The van der Waals surface area contributed by atoms with E-state index in [0.29, 0.717) is 22.6 Å². The molecular formula is C22H20N2O5. The number of carboxylic acids is 1. The molecule has 0 saturated carbocycles. The number of carboxylic acid groups (broad SMARTS) is 1. The first-order valence-corrected chi connectivity index (χ1v) is 8.96. The Morgan fingerprint density at radius 1 is 1.07 bits per heavy atom. The van der Waals surface area contributed by atoms with Crippen molar-refractivity contribution < 1.29 is 24.1 Å². The van der Waals surface area contributed by atoms with Crippen molar-refractivity contribution in [1.29, 1.82) is 0 Å². The van der Waals surface area contributed by atoms with Gasteiger partial charge < -0.3 is 24.3 Å². The molecule has 0 aliphatic heterocycles. The van der Waals surface area contributed by atoms with Gasteiger partial charge in [0.2, 0.25) is 0 Å². The highest BCUT2D eigenvalue weighted by Gasteiger charge is 2.24. The number of carbonyl (C=O) groups is 1. The lowest BCUT2D eigenvalue weighted by Crippen LogP contribution is -2.07. The molecule has 0 aliphatic rings. The van der Waals surface area contributed by atoms with Gasteiger partial charge in [-0.1, -0.05) is 30.3 Å². The lowest BCUT2D eigenvalue weighted by Gasteiger charge is -2.15. The van der Waals surface area contributed by atoms with Gasteiger partial charge in [-0.05, 0) is 5.56 Å². The Balaban J connectivity index is 2.25. The molecule has 2 N–H and O–H groups in total. The first-order chi connectivity index (χ1) is 14.1. The largest absolute Gasteiger partial charge is 0.493 e. The molecule has 0 saturated heterocycles. The second-order valence-corrected chi connectivity index (χ2v) is 6.51. The van der Waals surface area contributed by atoms with Gasteiger partial charge in [0, 0.05) is 35.1 Å². The standard InChI is InChI=1S/C22H20N2O5/c1-27-11-13-18-15(10-23-20(13)22(25)26)24-14-9-16(28-2)21(29-3)17(19(14)18)12-7-5-4-6-8-12/h4-10,24H,11H2,1-3H3,(H,25,26). The average Bonchev–Trinajstić information content (AvgIpc) is 3.11. The Kier molecular flexibility index (Phi) is 4.82. The van der Waals surface area contributed by atoms with Crippen molar-refractivity contribution in [2.45, 2.75) is 6.61 Å². The van der Waals surface area contributed by atoms with E-state index in [9.17, 15) is 9.90 Å². The summed E-state index contributed by atoms with van der Waals surface area (Å²) in [7, 11) is 4.70. The SMILES string of the molecule is COCc1c(C(=O)O)ncc2[nH]c3cc(OC)c(OC)c(-c4ccccc4)c3c12. The maximum atomic E-state index is 11.8. The summed E-state index contributed by atoms with van der Waals surface area (Å²) in [4.78, 5) is 19.3. The van der Waals surface area contributed by atoms with Crippen molar-refractivity contribution in [3.05, 3.63) is 53.9 Å². The second-order valence-electron chi connectivity index (χ2n) is 6.51. The molecule has 0 unspecified atom stereocenters. The third-order valence-corrected chi connectivity index (χ3v) is 4.92. The predicted molar refractivity (Wildman–Crippen MR) is 110 cm³/mol. The summed E-state index contributed by atoms with van der Waals surface area (Å²) in [5.74, 6) is 0.0457. The molecule has 148 valence electrons. The first-order valence-electron chi connectivity index (χ1n) is 8.96. The molecule has 4 rings (SSSR count). The number of hydrogen-bond acceptors (Lipinski definition) is 5. The van der Waals surface area contributed by atoms with Crippen molar-refractivity contribution in [3.8, 4) is 22.6 Å². The number of methoxy groups -OCH3 is 3. The van der Waals surface area contributed by atoms with Crippen LogP contribution in [0, 0.1) is 0 Å². The first kappa shape index (κ1) is 18.8. The van der Waals surface area contributed by atoms with E-state index in [1.165, 1.54) is 13.3 Å². The van der Waals surface area contributed by atoms with E-state index in [1.54, 1.807) is 14.2 Å². The van der Waals surface area contributed by atoms with Crippen molar-refractivity contribution in [1.82, 2.24) is 9.97 Å². The maximum absolute atomic E-state index is 11.8. The molecule has 0 atom stereocenters. The molecule has 0 aliphatic carbocycles. The number of nitrogens with zero attached hydrogens (tertiary/aromatic N) is 1. The Labute approximate surface area is 166 Å². The molecule has 2 aromatic heterocycles. The molecule has 29 heavy (non-hydrogen) atoms. The van der Waals surface area contributed by atoms with E-state index in [-0.39, 0.29) is 12.3 Å². The van der Waals surface area contributed by atoms with Crippen LogP contribution in [-0.2, 0) is 11.3 Å². The third-order valence-electron chi connectivity index (χ3n) is 4.92. The summed E-state index contributed by atoms with van der Waals surface area (Å²) < 4.78 is 16.6. The van der Waals surface area contributed by atoms with Crippen LogP contribution in [0.4, 0.5) is 0 Å². The van der Waals surface area contributed by atoms with E-state index in [4.69, 9.17) is 14.2 Å². The zero-order chi connectivity index (χ0) is 20.5. The number of ether oxygens (including phenoxy) is 3. The lowest BCUT2D eigenvalue weighted by atomic mass is 9.95. The van der Waals surface area contributed by atoms with Gasteiger partial charge in [-0.25, -0.2) is 9.78 Å². The highest BCUT2D eigenvalue weighted by atomic mass is 16.5. The van der Waals surface area contributed by atoms with Gasteiger partial charge in [0.25, 0.3) is 0 Å². The topological polar surface area (TPSA) is 93.7 Å². The summed E-state index contributed by atoms with van der Waals surface area (Å²) in [5.41, 5.74) is 3.71. The molecular weight excluding hydrogens is 372 g/mol. The number of benzene rings is 2. The minimum absolute atomic E-state index is 0.0333. The van der Waals surface area contributed by atoms with E-state index in [2.05, 4.69) is 9.97 Å². The summed E-state index contributed by atoms with van der Waals surface area (Å²) in [6, 6.07) is 11.6. The van der Waals surface area contributed by atoms with Crippen LogP contribution in [0.2, 0.25) is 0 Å². The molecule has 2 aromatic carbocycles. The van der Waals surface area contributed by atoms with Crippen molar-refractivity contribution in [2.75, 3.05) is 21.3 Å². The Hall–Kier alpha value is -3.58. The number of H-pyrrole nitrogens is 1. The molecule has 0 radical (unpaired) electrons. The van der Waals surface area contributed by atoms with Crippen LogP contribution >= 0.6 is 0 Å². The Bertz CT molecular complexity index is 1210. The highest BCUT2D eigenvalue weighted by Crippen LogP contribution is 2.47. The van der Waals surface area contributed by atoms with Crippen LogP contribution in [0.3, 0.4) is 0 Å². The van der Waals surface area contributed by atoms with E-state index in [1.807, 2.05) is 36.4 Å². The van der Waals surface area contributed by atoms with Gasteiger partial charge in [0.05, 0.1) is 38.1 Å². The highest BCUT2D eigenvalue weighted by molar-refractivity contribution is 6.18. The van der Waals surface area contributed by atoms with Crippen LogP contribution in [0.1, 0.15) is 16.1 Å². The number of rotatable bonds is 6. The fourth-order valence-corrected chi connectivity index (χ4v) is 3.78. The van der Waals surface area contributed by atoms with Gasteiger partial charge in [0.15, 0.2) is 17.2 Å². The van der Waals surface area contributed by atoms with Crippen molar-refractivity contribution >= 4 is 27.8 Å². The van der Waals surface area contributed by atoms with Gasteiger partial charge >= 0.3 is 5.97 Å². The van der Waals surface area contributed by atoms with Crippen molar-refractivity contribution in [3.63, 3.8) is 0 Å². The number of hydrogen-bond donors (Lipinski definition) is 2. The third kappa shape index (κ3) is 2.96. The monoisotopic (exact) mass is 392 g/mol. The van der Waals surface area contributed by atoms with Gasteiger partial charge in [-0.3, -0.25) is 0 Å². The van der Waals surface area contributed by atoms with Gasteiger partial charge in [0.1, 0.15) is 0 Å². The summed E-state index contributed by atoms with van der Waals surface area (Å²) in [6.45, 7) is 0.113. The minimum atomic E-state index is -1.10. The number of pyridine rings is 1. The van der Waals surface area contributed by atoms with Crippen LogP contribution in [0.5, 0.6) is 11.5 Å². The molecule has 0 fully saturated rings.